The van der Waals surface area contributed by atoms with Crippen LogP contribution < -0.4 is 15.4 Å². The number of thiazole rings is 1. The second-order valence-electron chi connectivity index (χ2n) is 5.18. The van der Waals surface area contributed by atoms with Gasteiger partial charge in [-0.05, 0) is 30.5 Å². The Balaban J connectivity index is 1.55. The lowest BCUT2D eigenvalue weighted by atomic mass is 10.2. The summed E-state index contributed by atoms with van der Waals surface area (Å²) in [6.45, 7) is 2.16. The molecular formula is C18H17N3O3S2. The molecule has 3 aromatic rings. The summed E-state index contributed by atoms with van der Waals surface area (Å²) in [5.41, 5.74) is 1.23. The molecule has 0 radical (unpaired) electrons. The van der Waals surface area contributed by atoms with Gasteiger partial charge in [0.15, 0.2) is 5.13 Å². The van der Waals surface area contributed by atoms with Gasteiger partial charge in [-0.25, -0.2) is 4.98 Å². The average Bonchev–Trinajstić information content (AvgIpc) is 3.32. The highest BCUT2D eigenvalue weighted by molar-refractivity contribution is 7.16. The normalized spacial score (nSPS) is 10.3. The topological polar surface area (TPSA) is 80.3 Å². The number of para-hydroxylation sites is 1. The Bertz CT molecular complexity index is 891. The van der Waals surface area contributed by atoms with Crippen molar-refractivity contribution in [3.63, 3.8) is 0 Å². The molecule has 6 nitrogen and oxygen atoms in total. The summed E-state index contributed by atoms with van der Waals surface area (Å²) in [6.07, 6.45) is 0. The van der Waals surface area contributed by atoms with Crippen molar-refractivity contribution in [1.82, 2.24) is 10.3 Å². The lowest BCUT2D eigenvalue weighted by Crippen LogP contribution is -2.33. The molecule has 0 aliphatic carbocycles. The summed E-state index contributed by atoms with van der Waals surface area (Å²) in [5, 5.41) is 9.66. The molecule has 0 aliphatic heterocycles. The fourth-order valence-electron chi connectivity index (χ4n) is 2.22. The van der Waals surface area contributed by atoms with Crippen LogP contribution in [0.25, 0.3) is 10.6 Å². The van der Waals surface area contributed by atoms with Gasteiger partial charge in [0.2, 0.25) is 5.91 Å². The van der Waals surface area contributed by atoms with Crippen LogP contribution in [-0.4, -0.2) is 29.9 Å². The quantitative estimate of drug-likeness (QED) is 0.649. The fraction of sp³-hybridized carbons (Fsp3) is 0.167. The van der Waals surface area contributed by atoms with Gasteiger partial charge >= 0.3 is 0 Å². The van der Waals surface area contributed by atoms with Crippen LogP contribution in [-0.2, 0) is 4.79 Å². The maximum Gasteiger partial charge on any atom is 0.255 e. The van der Waals surface area contributed by atoms with Crippen LogP contribution in [0, 0.1) is 0 Å². The van der Waals surface area contributed by atoms with Gasteiger partial charge in [0, 0.05) is 5.38 Å². The van der Waals surface area contributed by atoms with Gasteiger partial charge in [0.1, 0.15) is 5.75 Å². The minimum absolute atomic E-state index is 0.146. The Hall–Kier alpha value is -2.71. The third kappa shape index (κ3) is 4.47. The average molecular weight is 387 g/mol. The first kappa shape index (κ1) is 18.1. The van der Waals surface area contributed by atoms with Crippen molar-refractivity contribution in [2.75, 3.05) is 18.5 Å². The number of aromatic nitrogens is 1. The highest BCUT2D eigenvalue weighted by Gasteiger charge is 2.14. The number of anilines is 1. The van der Waals surface area contributed by atoms with Crippen molar-refractivity contribution < 1.29 is 14.3 Å². The molecule has 0 bridgehead atoms. The molecule has 0 fully saturated rings. The second-order valence-corrected chi connectivity index (χ2v) is 6.98. The van der Waals surface area contributed by atoms with Crippen LogP contribution in [0.5, 0.6) is 5.75 Å². The van der Waals surface area contributed by atoms with Gasteiger partial charge in [0.25, 0.3) is 5.91 Å². The number of ether oxygens (including phenoxy) is 1. The van der Waals surface area contributed by atoms with E-state index < -0.39 is 0 Å². The number of amides is 2. The largest absolute Gasteiger partial charge is 0.493 e. The van der Waals surface area contributed by atoms with Gasteiger partial charge in [0.05, 0.1) is 29.3 Å². The molecule has 2 heterocycles. The van der Waals surface area contributed by atoms with E-state index >= 15 is 0 Å². The monoisotopic (exact) mass is 387 g/mol. The van der Waals surface area contributed by atoms with Crippen molar-refractivity contribution in [3.8, 4) is 16.3 Å². The number of hydrogen-bond acceptors (Lipinski definition) is 6. The molecule has 0 spiro atoms. The van der Waals surface area contributed by atoms with Crippen molar-refractivity contribution in [2.24, 2.45) is 0 Å². The smallest absolute Gasteiger partial charge is 0.255 e. The standard InChI is InChI=1S/C18H17N3O3S2/c1-2-24-14-7-4-3-6-12(14)17(23)19-10-16(22)21-18-20-13(11-26-18)15-8-5-9-25-15/h3-9,11H,2,10H2,1H3,(H,19,23)(H,20,21,22). The molecule has 0 saturated heterocycles. The molecule has 3 rings (SSSR count). The van der Waals surface area contributed by atoms with Gasteiger partial charge in [-0.15, -0.1) is 22.7 Å². The number of nitrogens with zero attached hydrogens (tertiary/aromatic N) is 1. The number of hydrogen-bond donors (Lipinski definition) is 2. The van der Waals surface area contributed by atoms with E-state index in [1.54, 1.807) is 35.6 Å². The van der Waals surface area contributed by atoms with E-state index in [4.69, 9.17) is 4.74 Å². The SMILES string of the molecule is CCOc1ccccc1C(=O)NCC(=O)Nc1nc(-c2cccs2)cs1. The number of carbonyl (C=O) groups excluding carboxylic acids is 2. The maximum atomic E-state index is 12.3. The summed E-state index contributed by atoms with van der Waals surface area (Å²) < 4.78 is 5.43. The van der Waals surface area contributed by atoms with Crippen LogP contribution in [0.15, 0.2) is 47.2 Å². The van der Waals surface area contributed by atoms with E-state index in [0.717, 1.165) is 10.6 Å². The molecule has 0 aliphatic rings. The number of nitrogens with one attached hydrogen (secondary N) is 2. The van der Waals surface area contributed by atoms with Gasteiger partial charge in [-0.1, -0.05) is 18.2 Å². The number of carbonyl (C=O) groups is 2. The first-order valence-corrected chi connectivity index (χ1v) is 9.72. The van der Waals surface area contributed by atoms with E-state index in [9.17, 15) is 9.59 Å². The molecule has 26 heavy (non-hydrogen) atoms. The van der Waals surface area contributed by atoms with E-state index in [1.807, 2.05) is 29.8 Å². The third-order valence-corrected chi connectivity index (χ3v) is 5.02. The number of rotatable bonds is 7. The summed E-state index contributed by atoms with van der Waals surface area (Å²) in [5.74, 6) is -0.199. The minimum Gasteiger partial charge on any atom is -0.493 e. The highest BCUT2D eigenvalue weighted by atomic mass is 32.1. The third-order valence-electron chi connectivity index (χ3n) is 3.37. The van der Waals surface area contributed by atoms with E-state index in [2.05, 4.69) is 15.6 Å². The van der Waals surface area contributed by atoms with E-state index in [-0.39, 0.29) is 18.4 Å². The number of benzene rings is 1. The zero-order chi connectivity index (χ0) is 18.4. The van der Waals surface area contributed by atoms with E-state index in [0.29, 0.717) is 23.1 Å². The number of thiophene rings is 1. The van der Waals surface area contributed by atoms with Crippen molar-refractivity contribution in [3.05, 3.63) is 52.7 Å². The van der Waals surface area contributed by atoms with E-state index in [1.165, 1.54) is 11.3 Å². The molecule has 1 aromatic carbocycles. The van der Waals surface area contributed by atoms with Crippen molar-refractivity contribution in [2.45, 2.75) is 6.92 Å². The summed E-state index contributed by atoms with van der Waals surface area (Å²) in [7, 11) is 0. The molecule has 0 unspecified atom stereocenters. The minimum atomic E-state index is -0.359. The molecule has 8 heteroatoms. The first-order valence-electron chi connectivity index (χ1n) is 7.96. The molecular weight excluding hydrogens is 370 g/mol. The Morgan fingerprint density at radius 2 is 2.00 bits per heavy atom. The summed E-state index contributed by atoms with van der Waals surface area (Å²) in [4.78, 5) is 29.8. The first-order chi connectivity index (χ1) is 12.7. The molecule has 0 atom stereocenters. The molecule has 2 aromatic heterocycles. The van der Waals surface area contributed by atoms with Gasteiger partial charge in [-0.2, -0.15) is 0 Å². The zero-order valence-electron chi connectivity index (χ0n) is 14.0. The van der Waals surface area contributed by atoms with Crippen LogP contribution in [0.4, 0.5) is 5.13 Å². The molecule has 2 N–H and O–H groups in total. The molecule has 2 amide bonds. The highest BCUT2D eigenvalue weighted by Crippen LogP contribution is 2.28. The molecule has 134 valence electrons. The Labute approximate surface area is 158 Å². The van der Waals surface area contributed by atoms with Crippen molar-refractivity contribution in [1.29, 1.82) is 0 Å². The fourth-order valence-corrected chi connectivity index (χ4v) is 3.71. The Morgan fingerprint density at radius 1 is 1.15 bits per heavy atom. The summed E-state index contributed by atoms with van der Waals surface area (Å²) >= 11 is 2.93. The Morgan fingerprint density at radius 3 is 2.77 bits per heavy atom. The van der Waals surface area contributed by atoms with Gasteiger partial charge < -0.3 is 15.4 Å². The second kappa shape index (κ2) is 8.59. The van der Waals surface area contributed by atoms with Crippen LogP contribution in [0.1, 0.15) is 17.3 Å². The zero-order valence-corrected chi connectivity index (χ0v) is 15.7. The lowest BCUT2D eigenvalue weighted by molar-refractivity contribution is -0.115. The van der Waals surface area contributed by atoms with Crippen LogP contribution in [0.2, 0.25) is 0 Å². The lowest BCUT2D eigenvalue weighted by Gasteiger charge is -2.10. The summed E-state index contributed by atoms with van der Waals surface area (Å²) in [6, 6.07) is 10.8. The maximum absolute atomic E-state index is 12.3. The Kier molecular flexibility index (Phi) is 5.98. The van der Waals surface area contributed by atoms with Gasteiger partial charge in [-0.3, -0.25) is 9.59 Å². The predicted molar refractivity (Wildman–Crippen MR) is 104 cm³/mol. The molecule has 0 saturated carbocycles. The predicted octanol–water partition coefficient (Wildman–Crippen LogP) is 3.64. The van der Waals surface area contributed by atoms with Crippen LogP contribution >= 0.6 is 22.7 Å². The van der Waals surface area contributed by atoms with Crippen LogP contribution in [0.3, 0.4) is 0 Å². The van der Waals surface area contributed by atoms with Crippen molar-refractivity contribution >= 4 is 39.6 Å².